The van der Waals surface area contributed by atoms with Gasteiger partial charge in [-0.15, -0.1) is 0 Å². The Morgan fingerprint density at radius 1 is 1.09 bits per heavy atom. The van der Waals surface area contributed by atoms with Gasteiger partial charge >= 0.3 is 11.9 Å². The Bertz CT molecular complexity index is 791. The molecule has 0 aliphatic carbocycles. The van der Waals surface area contributed by atoms with Gasteiger partial charge < -0.3 is 13.9 Å². The van der Waals surface area contributed by atoms with E-state index in [0.29, 0.717) is 6.42 Å². The first kappa shape index (κ1) is 26.6. The minimum atomic E-state index is -2.11. The van der Waals surface area contributed by atoms with E-state index in [2.05, 4.69) is 40.8 Å². The molecule has 0 radical (unpaired) electrons. The molecular formula is C26H42O5Si. The van der Waals surface area contributed by atoms with Crippen LogP contribution in [0.15, 0.2) is 30.3 Å². The SMILES string of the molecule is CCCC[C@@]1(CO[Si](C)(C)C(C)(C)C)OC(=O)[C@H](C(=O)OC(C)(C)C)[C@@H]1c1ccccc1. The van der Waals surface area contributed by atoms with E-state index < -0.39 is 43.3 Å². The minimum Gasteiger partial charge on any atom is -0.459 e. The van der Waals surface area contributed by atoms with Crippen LogP contribution in [0.25, 0.3) is 0 Å². The topological polar surface area (TPSA) is 61.8 Å². The van der Waals surface area contributed by atoms with E-state index in [1.165, 1.54) is 0 Å². The van der Waals surface area contributed by atoms with E-state index in [9.17, 15) is 9.59 Å². The van der Waals surface area contributed by atoms with Crippen molar-refractivity contribution in [1.82, 2.24) is 0 Å². The highest BCUT2D eigenvalue weighted by Crippen LogP contribution is 2.49. The van der Waals surface area contributed by atoms with Gasteiger partial charge in [-0.3, -0.25) is 9.59 Å². The third-order valence-electron chi connectivity index (χ3n) is 6.71. The summed E-state index contributed by atoms with van der Waals surface area (Å²) in [5, 5.41) is 0.0222. The molecule has 32 heavy (non-hydrogen) atoms. The highest BCUT2D eigenvalue weighted by Gasteiger charge is 2.60. The lowest BCUT2D eigenvalue weighted by Gasteiger charge is -2.41. The van der Waals surface area contributed by atoms with Gasteiger partial charge in [0, 0.05) is 0 Å². The average molecular weight is 463 g/mol. The van der Waals surface area contributed by atoms with Gasteiger partial charge in [-0.2, -0.15) is 0 Å². The minimum absolute atomic E-state index is 0.0222. The monoisotopic (exact) mass is 462 g/mol. The maximum atomic E-state index is 13.2. The molecule has 1 heterocycles. The first-order chi connectivity index (χ1) is 14.6. The number of hydrogen-bond donors (Lipinski definition) is 0. The number of carbonyl (C=O) groups excluding carboxylic acids is 2. The summed E-state index contributed by atoms with van der Waals surface area (Å²) in [4.78, 5) is 26.4. The number of benzene rings is 1. The van der Waals surface area contributed by atoms with Crippen LogP contribution in [0.2, 0.25) is 18.1 Å². The molecule has 2 rings (SSSR count). The summed E-state index contributed by atoms with van der Waals surface area (Å²) in [5.41, 5.74) is -0.680. The van der Waals surface area contributed by atoms with Gasteiger partial charge in [0.25, 0.3) is 0 Å². The molecule has 0 N–H and O–H groups in total. The van der Waals surface area contributed by atoms with Gasteiger partial charge in [0.1, 0.15) is 11.2 Å². The molecule has 5 nitrogen and oxygen atoms in total. The smallest absolute Gasteiger partial charge is 0.321 e. The summed E-state index contributed by atoms with van der Waals surface area (Å²) < 4.78 is 18.4. The van der Waals surface area contributed by atoms with Crippen molar-refractivity contribution in [2.45, 2.75) is 103 Å². The molecule has 0 unspecified atom stereocenters. The van der Waals surface area contributed by atoms with Crippen LogP contribution >= 0.6 is 0 Å². The molecule has 180 valence electrons. The normalized spacial score (nSPS) is 24.3. The number of esters is 2. The lowest BCUT2D eigenvalue weighted by molar-refractivity contribution is -0.165. The molecule has 6 heteroatoms. The van der Waals surface area contributed by atoms with Gasteiger partial charge in [-0.25, -0.2) is 0 Å². The maximum absolute atomic E-state index is 13.2. The van der Waals surface area contributed by atoms with Crippen molar-refractivity contribution >= 4 is 20.3 Å². The Morgan fingerprint density at radius 2 is 1.69 bits per heavy atom. The number of rotatable bonds is 8. The van der Waals surface area contributed by atoms with Crippen LogP contribution in [-0.2, 0) is 23.5 Å². The Labute approximate surface area is 195 Å². The number of unbranched alkanes of at least 4 members (excludes halogenated alkanes) is 1. The molecule has 0 amide bonds. The molecule has 3 atom stereocenters. The number of hydrogen-bond acceptors (Lipinski definition) is 5. The molecule has 1 aliphatic rings. The van der Waals surface area contributed by atoms with Crippen LogP contribution < -0.4 is 0 Å². The zero-order chi connectivity index (χ0) is 24.4. The van der Waals surface area contributed by atoms with Crippen molar-refractivity contribution in [2.75, 3.05) is 6.61 Å². The van der Waals surface area contributed by atoms with E-state index in [4.69, 9.17) is 13.9 Å². The summed E-state index contributed by atoms with van der Waals surface area (Å²) in [6.45, 7) is 18.8. The molecule has 1 aliphatic heterocycles. The fourth-order valence-electron chi connectivity index (χ4n) is 3.91. The summed E-state index contributed by atoms with van der Waals surface area (Å²) in [6.07, 6.45) is 2.47. The zero-order valence-corrected chi connectivity index (χ0v) is 22.4. The molecule has 1 aromatic carbocycles. The van der Waals surface area contributed by atoms with Gasteiger partial charge in [-0.05, 0) is 57.3 Å². The van der Waals surface area contributed by atoms with Crippen molar-refractivity contribution < 1.29 is 23.5 Å². The molecule has 1 aromatic rings. The summed E-state index contributed by atoms with van der Waals surface area (Å²) in [6, 6.07) is 9.74. The molecule has 0 spiro atoms. The molecule has 1 saturated heterocycles. The predicted octanol–water partition coefficient (Wildman–Crippen LogP) is 6.24. The Morgan fingerprint density at radius 3 is 2.19 bits per heavy atom. The lowest BCUT2D eigenvalue weighted by Crippen LogP contribution is -2.49. The molecule has 1 fully saturated rings. The first-order valence-corrected chi connectivity index (χ1v) is 14.7. The zero-order valence-electron chi connectivity index (χ0n) is 21.4. The van der Waals surface area contributed by atoms with Crippen LogP contribution in [0.3, 0.4) is 0 Å². The van der Waals surface area contributed by atoms with E-state index in [1.54, 1.807) is 0 Å². The standard InChI is InChI=1S/C26H42O5Si/c1-10-11-17-26(18-29-32(8,9)25(5,6)7)21(19-15-13-12-14-16-19)20(23(28)31-26)22(27)30-24(2,3)4/h12-16,20-21H,10-11,17-18H2,1-9H3/t20-,21-,26-/m0/s1. The second-order valence-electron chi connectivity index (χ2n) is 11.5. The van der Waals surface area contributed by atoms with Crippen molar-refractivity contribution in [1.29, 1.82) is 0 Å². The van der Waals surface area contributed by atoms with Crippen molar-refractivity contribution in [2.24, 2.45) is 5.92 Å². The average Bonchev–Trinajstić information content (AvgIpc) is 2.96. The van der Waals surface area contributed by atoms with E-state index >= 15 is 0 Å². The van der Waals surface area contributed by atoms with Crippen molar-refractivity contribution in [3.63, 3.8) is 0 Å². The van der Waals surface area contributed by atoms with Crippen molar-refractivity contribution in [3.05, 3.63) is 35.9 Å². The van der Waals surface area contributed by atoms with Crippen molar-refractivity contribution in [3.8, 4) is 0 Å². The van der Waals surface area contributed by atoms with E-state index in [1.807, 2.05) is 51.1 Å². The maximum Gasteiger partial charge on any atom is 0.321 e. The number of cyclic esters (lactones) is 1. The third kappa shape index (κ3) is 6.01. The Hall–Kier alpha value is -1.66. The third-order valence-corrected chi connectivity index (χ3v) is 11.2. The summed E-state index contributed by atoms with van der Waals surface area (Å²) in [7, 11) is -2.11. The van der Waals surface area contributed by atoms with Gasteiger partial charge in [0.2, 0.25) is 0 Å². The lowest BCUT2D eigenvalue weighted by atomic mass is 9.74. The first-order valence-electron chi connectivity index (χ1n) is 11.8. The summed E-state index contributed by atoms with van der Waals surface area (Å²) in [5.74, 6) is -2.50. The second kappa shape index (κ2) is 9.68. The van der Waals surface area contributed by atoms with Crippen LogP contribution in [0.1, 0.15) is 79.2 Å². The van der Waals surface area contributed by atoms with Gasteiger partial charge in [0.15, 0.2) is 14.2 Å². The van der Waals surface area contributed by atoms with Gasteiger partial charge in [0.05, 0.1) is 12.5 Å². The Kier molecular flexibility index (Phi) is 8.04. The number of carbonyl (C=O) groups is 2. The molecule has 0 saturated carbocycles. The quantitative estimate of drug-likeness (QED) is 0.260. The fraction of sp³-hybridized carbons (Fsp3) is 0.692. The van der Waals surface area contributed by atoms with E-state index in [-0.39, 0.29) is 11.6 Å². The van der Waals surface area contributed by atoms with Crippen LogP contribution in [0, 0.1) is 5.92 Å². The molecule has 0 bridgehead atoms. The van der Waals surface area contributed by atoms with Crippen LogP contribution in [0.4, 0.5) is 0 Å². The largest absolute Gasteiger partial charge is 0.459 e. The summed E-state index contributed by atoms with van der Waals surface area (Å²) >= 11 is 0. The fourth-order valence-corrected chi connectivity index (χ4v) is 4.95. The predicted molar refractivity (Wildman–Crippen MR) is 130 cm³/mol. The van der Waals surface area contributed by atoms with E-state index in [0.717, 1.165) is 18.4 Å². The highest BCUT2D eigenvalue weighted by atomic mass is 28.4. The molecular weight excluding hydrogens is 420 g/mol. The second-order valence-corrected chi connectivity index (χ2v) is 16.3. The van der Waals surface area contributed by atoms with Crippen LogP contribution in [-0.4, -0.2) is 38.1 Å². The van der Waals surface area contributed by atoms with Crippen LogP contribution in [0.5, 0.6) is 0 Å². The Balaban J connectivity index is 2.54. The highest BCUT2D eigenvalue weighted by molar-refractivity contribution is 6.74. The van der Waals surface area contributed by atoms with Gasteiger partial charge in [-0.1, -0.05) is 64.4 Å². The number of ether oxygens (including phenoxy) is 2. The molecule has 0 aromatic heterocycles.